The molecule has 0 aliphatic rings. The first-order valence-electron chi connectivity index (χ1n) is 1.93. The molecule has 0 amide bonds. The van der Waals surface area contributed by atoms with Crippen molar-refractivity contribution in [3.05, 3.63) is 0 Å². The molecule has 0 nitrogen and oxygen atoms in total. The molecule has 0 N–H and O–H groups in total. The van der Waals surface area contributed by atoms with Crippen LogP contribution in [-0.4, -0.2) is 16.9 Å². The molecule has 0 unspecified atom stereocenters. The molecule has 0 saturated carbocycles. The van der Waals surface area contributed by atoms with Crippen LogP contribution in [0.25, 0.3) is 0 Å². The van der Waals surface area contributed by atoms with Crippen molar-refractivity contribution in [2.24, 2.45) is 0 Å². The quantitative estimate of drug-likeness (QED) is 0.511. The van der Waals surface area contributed by atoms with Gasteiger partial charge >= 0.3 is 0 Å². The molecule has 0 radical (unpaired) electrons. The van der Waals surface area contributed by atoms with Gasteiger partial charge in [0.2, 0.25) is 0 Å². The van der Waals surface area contributed by atoms with Gasteiger partial charge in [0.05, 0.1) is 16.9 Å². The Morgan fingerprint density at radius 3 is 1.25 bits per heavy atom. The zero-order valence-corrected chi connectivity index (χ0v) is 8.09. The second kappa shape index (κ2) is 4.35. The smallest absolute Gasteiger partial charge is 0.0536 e. The Kier molecular flexibility index (Phi) is 5.18. The highest BCUT2D eigenvalue weighted by molar-refractivity contribution is 8.16. The van der Waals surface area contributed by atoms with E-state index in [0.717, 1.165) is 0 Å². The van der Waals surface area contributed by atoms with Crippen LogP contribution < -0.4 is 0 Å². The minimum absolute atomic E-state index is 0.454. The third-order valence-corrected chi connectivity index (χ3v) is 8.52. The van der Waals surface area contributed by atoms with E-state index < -0.39 is 6.04 Å². The van der Waals surface area contributed by atoms with Crippen molar-refractivity contribution in [2.75, 3.05) is 16.9 Å². The van der Waals surface area contributed by atoms with E-state index in [1.807, 2.05) is 0 Å². The Labute approximate surface area is 69.5 Å². The number of hydrogen-bond acceptors (Lipinski definition) is 1. The van der Waals surface area contributed by atoms with Gasteiger partial charge in [0, 0.05) is 0 Å². The lowest BCUT2D eigenvalue weighted by Crippen LogP contribution is -1.84. The lowest BCUT2D eigenvalue weighted by Gasteiger charge is -2.09. The number of hydrogen-bond donors (Lipinski definition) is 0. The fourth-order valence-corrected chi connectivity index (χ4v) is 2.59. The zero-order valence-electron chi connectivity index (χ0n) is 4.11. The minimum atomic E-state index is -1.53. The molecular weight excluding hydrogens is 205 g/mol. The predicted octanol–water partition coefficient (Wildman–Crippen LogP) is 3.05. The van der Waals surface area contributed by atoms with Crippen molar-refractivity contribution in [3.8, 4) is 0 Å². The van der Waals surface area contributed by atoms with Gasteiger partial charge in [-0.05, 0) is 6.04 Å². The van der Waals surface area contributed by atoms with Gasteiger partial charge in [-0.1, -0.05) is 11.8 Å². The maximum absolute atomic E-state index is 5.49. The van der Waals surface area contributed by atoms with Crippen LogP contribution in [0.5, 0.6) is 0 Å². The summed E-state index contributed by atoms with van der Waals surface area (Å²) >= 11 is 21.5. The molecule has 50 valence electrons. The average Bonchev–Trinajstić information content (AvgIpc) is 1.87. The van der Waals surface area contributed by atoms with Gasteiger partial charge in [-0.2, -0.15) is 0 Å². The maximum Gasteiger partial charge on any atom is 0.0536 e. The Balaban J connectivity index is 3.79. The molecule has 0 aliphatic carbocycles. The van der Waals surface area contributed by atoms with Crippen molar-refractivity contribution >= 4 is 52.6 Å². The topological polar surface area (TPSA) is 0 Å². The number of rotatable bonds is 3. The molecule has 0 aromatic rings. The molecule has 0 heterocycles. The molecule has 0 aromatic heterocycles. The van der Waals surface area contributed by atoms with Crippen molar-refractivity contribution < 1.29 is 0 Å². The summed E-state index contributed by atoms with van der Waals surface area (Å²) in [5.41, 5.74) is 1.36. The van der Waals surface area contributed by atoms with Crippen LogP contribution in [0, 0.1) is 0 Å². The van der Waals surface area contributed by atoms with Crippen molar-refractivity contribution in [1.82, 2.24) is 0 Å². The van der Waals surface area contributed by atoms with E-state index in [0.29, 0.717) is 16.9 Å². The zero-order chi connectivity index (χ0) is 6.62. The molecule has 8 heavy (non-hydrogen) atoms. The van der Waals surface area contributed by atoms with Gasteiger partial charge in [-0.25, -0.2) is 0 Å². The van der Waals surface area contributed by atoms with Crippen molar-refractivity contribution in [3.63, 3.8) is 0 Å². The Morgan fingerprint density at radius 1 is 1.00 bits per heavy atom. The lowest BCUT2D eigenvalue weighted by molar-refractivity contribution is 1.89. The molecule has 0 atom stereocenters. The molecule has 0 fully saturated rings. The highest BCUT2D eigenvalue weighted by Gasteiger charge is 2.11. The van der Waals surface area contributed by atoms with Crippen molar-refractivity contribution in [1.29, 1.82) is 0 Å². The molecule has 5 heteroatoms. The van der Waals surface area contributed by atoms with Crippen LogP contribution in [-0.2, 0) is 11.8 Å². The molecule has 0 aliphatic heterocycles. The van der Waals surface area contributed by atoms with Gasteiger partial charge in [0.1, 0.15) is 0 Å². The van der Waals surface area contributed by atoms with Crippen molar-refractivity contribution in [2.45, 2.75) is 0 Å². The fourth-order valence-electron chi connectivity index (χ4n) is 0.0958. The van der Waals surface area contributed by atoms with Gasteiger partial charge in [0.15, 0.2) is 0 Å². The van der Waals surface area contributed by atoms with Crippen LogP contribution in [0.3, 0.4) is 0 Å². The summed E-state index contributed by atoms with van der Waals surface area (Å²) in [4.78, 5) is 0. The Hall–Kier alpha value is 1.52. The van der Waals surface area contributed by atoms with Gasteiger partial charge in [0.25, 0.3) is 0 Å². The molecule has 0 spiro atoms. The summed E-state index contributed by atoms with van der Waals surface area (Å²) in [6, 6.07) is -1.53. The highest BCUT2D eigenvalue weighted by Crippen LogP contribution is 2.48. The van der Waals surface area contributed by atoms with E-state index in [9.17, 15) is 0 Å². The standard InChI is InChI=1S/C3H6Cl3PS/c4-1-7(8,2-5)3-6/h1-3H2. The predicted molar refractivity (Wildman–Crippen MR) is 46.4 cm³/mol. The molecule has 0 aromatic carbocycles. The second-order valence-electron chi connectivity index (χ2n) is 1.42. The number of halogens is 3. The van der Waals surface area contributed by atoms with Gasteiger partial charge in [-0.3, -0.25) is 0 Å². The Bertz CT molecular complexity index is 85.7. The first kappa shape index (κ1) is 9.52. The van der Waals surface area contributed by atoms with Crippen LogP contribution in [0.15, 0.2) is 0 Å². The summed E-state index contributed by atoms with van der Waals surface area (Å²) in [6.45, 7) is 0. The van der Waals surface area contributed by atoms with E-state index in [1.54, 1.807) is 0 Å². The summed E-state index contributed by atoms with van der Waals surface area (Å²) in [5.74, 6) is 0. The first-order valence-corrected chi connectivity index (χ1v) is 6.89. The summed E-state index contributed by atoms with van der Waals surface area (Å²) in [7, 11) is 0. The van der Waals surface area contributed by atoms with Crippen LogP contribution in [0.1, 0.15) is 0 Å². The Morgan fingerprint density at radius 2 is 1.25 bits per heavy atom. The normalized spacial score (nSPS) is 11.9. The van der Waals surface area contributed by atoms with E-state index >= 15 is 0 Å². The monoisotopic (exact) mass is 210 g/mol. The van der Waals surface area contributed by atoms with E-state index in [4.69, 9.17) is 46.6 Å². The molecular formula is C3H6Cl3PS. The summed E-state index contributed by atoms with van der Waals surface area (Å²) in [6.07, 6.45) is 0. The number of alkyl halides is 3. The average molecular weight is 211 g/mol. The second-order valence-corrected chi connectivity index (χ2v) is 8.73. The SMILES string of the molecule is S=P(CCl)(CCl)CCl. The van der Waals surface area contributed by atoms with E-state index in [2.05, 4.69) is 0 Å². The summed E-state index contributed by atoms with van der Waals surface area (Å²) in [5, 5.41) is 0. The van der Waals surface area contributed by atoms with E-state index in [-0.39, 0.29) is 0 Å². The maximum atomic E-state index is 5.49. The largest absolute Gasteiger partial charge is 0.121 e. The first-order chi connectivity index (χ1) is 3.68. The van der Waals surface area contributed by atoms with Crippen LogP contribution in [0.2, 0.25) is 0 Å². The lowest BCUT2D eigenvalue weighted by atomic mass is 11.8. The fraction of sp³-hybridized carbons (Fsp3) is 1.00. The third-order valence-electron chi connectivity index (χ3n) is 0.653. The van der Waals surface area contributed by atoms with Gasteiger partial charge < -0.3 is 0 Å². The minimum Gasteiger partial charge on any atom is -0.121 e. The van der Waals surface area contributed by atoms with E-state index in [1.165, 1.54) is 0 Å². The molecule has 0 bridgehead atoms. The van der Waals surface area contributed by atoms with Gasteiger partial charge in [-0.15, -0.1) is 34.8 Å². The summed E-state index contributed by atoms with van der Waals surface area (Å²) < 4.78 is 0. The molecule has 0 saturated heterocycles. The van der Waals surface area contributed by atoms with Crippen LogP contribution >= 0.6 is 40.8 Å². The third kappa shape index (κ3) is 2.89. The molecule has 0 rings (SSSR count). The van der Waals surface area contributed by atoms with Crippen LogP contribution in [0.4, 0.5) is 0 Å². The highest BCUT2D eigenvalue weighted by atomic mass is 35.5.